The second-order valence-corrected chi connectivity index (χ2v) is 9.69. The number of methoxy groups -OCH3 is 1. The van der Waals surface area contributed by atoms with Crippen molar-refractivity contribution in [2.45, 2.75) is 63.4 Å². The molecular weight excluding hydrogens is 442 g/mol. The number of dihydropyridines is 1. The summed E-state index contributed by atoms with van der Waals surface area (Å²) in [6.07, 6.45) is 4.86. The average molecular weight is 474 g/mol. The summed E-state index contributed by atoms with van der Waals surface area (Å²) in [5.74, 6) is 0.100. The highest BCUT2D eigenvalue weighted by Gasteiger charge is 2.42. The Balaban J connectivity index is 1.51. The first-order chi connectivity index (χ1) is 16.9. The average Bonchev–Trinajstić information content (AvgIpc) is 3.36. The minimum atomic E-state index is -0.523. The van der Waals surface area contributed by atoms with Crippen LogP contribution >= 0.6 is 0 Å². The van der Waals surface area contributed by atoms with Gasteiger partial charge in [0.05, 0.1) is 12.7 Å². The van der Waals surface area contributed by atoms with Crippen LogP contribution in [0.3, 0.4) is 0 Å². The minimum absolute atomic E-state index is 0.0244. The molecular formula is C29H31NO5. The van der Waals surface area contributed by atoms with Gasteiger partial charge in [0.2, 0.25) is 0 Å². The number of aromatic hydroxyl groups is 1. The molecule has 0 unspecified atom stereocenters. The van der Waals surface area contributed by atoms with E-state index in [1.54, 1.807) is 31.4 Å². The summed E-state index contributed by atoms with van der Waals surface area (Å²) in [4.78, 5) is 27.1. The Bertz CT molecular complexity index is 1190. The summed E-state index contributed by atoms with van der Waals surface area (Å²) in [6.45, 7) is 1.88. The molecule has 1 heterocycles. The summed E-state index contributed by atoms with van der Waals surface area (Å²) in [7, 11) is 1.63. The fourth-order valence-electron chi connectivity index (χ4n) is 5.64. The number of rotatable bonds is 5. The molecule has 2 aliphatic carbocycles. The van der Waals surface area contributed by atoms with E-state index in [1.807, 2.05) is 31.2 Å². The molecule has 2 aromatic carbocycles. The lowest BCUT2D eigenvalue weighted by molar-refractivity contribution is -0.144. The Morgan fingerprint density at radius 2 is 1.63 bits per heavy atom. The zero-order valence-corrected chi connectivity index (χ0v) is 20.2. The fraction of sp³-hybridized carbons (Fsp3) is 0.379. The van der Waals surface area contributed by atoms with Gasteiger partial charge in [0.25, 0.3) is 0 Å². The lowest BCUT2D eigenvalue weighted by atomic mass is 9.71. The third kappa shape index (κ3) is 4.57. The summed E-state index contributed by atoms with van der Waals surface area (Å²) < 4.78 is 11.2. The Kier molecular flexibility index (Phi) is 6.37. The molecule has 0 radical (unpaired) electrons. The highest BCUT2D eigenvalue weighted by Crippen LogP contribution is 2.46. The number of benzene rings is 2. The van der Waals surface area contributed by atoms with Crippen LogP contribution in [-0.4, -0.2) is 30.1 Å². The van der Waals surface area contributed by atoms with Crippen LogP contribution in [0.5, 0.6) is 11.5 Å². The van der Waals surface area contributed by atoms with E-state index >= 15 is 0 Å². The van der Waals surface area contributed by atoms with Gasteiger partial charge in [0, 0.05) is 29.3 Å². The number of hydrogen-bond acceptors (Lipinski definition) is 6. The molecule has 2 atom stereocenters. The van der Waals surface area contributed by atoms with Crippen LogP contribution in [0.25, 0.3) is 0 Å². The van der Waals surface area contributed by atoms with E-state index in [2.05, 4.69) is 5.32 Å². The Morgan fingerprint density at radius 1 is 0.971 bits per heavy atom. The molecule has 5 rings (SSSR count). The molecule has 0 aromatic heterocycles. The first-order valence-electron chi connectivity index (χ1n) is 12.3. The third-order valence-corrected chi connectivity index (χ3v) is 7.44. The minimum Gasteiger partial charge on any atom is -0.508 e. The molecule has 2 aromatic rings. The Labute approximate surface area is 205 Å². The molecule has 0 saturated heterocycles. The van der Waals surface area contributed by atoms with Gasteiger partial charge in [-0.2, -0.15) is 0 Å². The van der Waals surface area contributed by atoms with Gasteiger partial charge in [-0.15, -0.1) is 0 Å². The summed E-state index contributed by atoms with van der Waals surface area (Å²) in [5.41, 5.74) is 4.57. The van der Waals surface area contributed by atoms with Crippen LogP contribution in [0.1, 0.15) is 68.4 Å². The zero-order valence-electron chi connectivity index (χ0n) is 20.2. The maximum absolute atomic E-state index is 13.7. The van der Waals surface area contributed by atoms with Crippen molar-refractivity contribution in [3.8, 4) is 11.5 Å². The largest absolute Gasteiger partial charge is 0.508 e. The van der Waals surface area contributed by atoms with Crippen molar-refractivity contribution in [2.24, 2.45) is 0 Å². The summed E-state index contributed by atoms with van der Waals surface area (Å²) in [6, 6.07) is 14.6. The highest BCUT2D eigenvalue weighted by molar-refractivity contribution is 6.04. The van der Waals surface area contributed by atoms with Crippen LogP contribution in [-0.2, 0) is 14.3 Å². The normalized spacial score (nSPS) is 22.6. The number of hydrogen-bond donors (Lipinski definition) is 2. The first-order valence-corrected chi connectivity index (χ1v) is 12.3. The van der Waals surface area contributed by atoms with Gasteiger partial charge >= 0.3 is 5.97 Å². The van der Waals surface area contributed by atoms with Crippen LogP contribution in [0.2, 0.25) is 0 Å². The standard InChI is InChI=1S/C29H31NO5/c1-17-26(29(33)35-23-5-3-4-6-23)27(19-7-11-21(31)12-8-19)28-24(30-17)15-20(16-25(28)32)18-9-13-22(34-2)14-10-18/h7-14,20,23,27,30-31H,3-6,15-16H2,1-2H3/t20-,27-/m0/s1. The molecule has 6 nitrogen and oxygen atoms in total. The van der Waals surface area contributed by atoms with Crippen molar-refractivity contribution in [3.05, 3.63) is 82.2 Å². The number of esters is 1. The van der Waals surface area contributed by atoms with Gasteiger partial charge in [-0.05, 0) is 80.3 Å². The van der Waals surface area contributed by atoms with E-state index in [0.717, 1.165) is 48.3 Å². The first kappa shape index (κ1) is 23.2. The van der Waals surface area contributed by atoms with Crippen molar-refractivity contribution < 1.29 is 24.2 Å². The topological polar surface area (TPSA) is 84.9 Å². The number of nitrogens with one attached hydrogen (secondary N) is 1. The van der Waals surface area contributed by atoms with Crippen LogP contribution in [0.15, 0.2) is 71.1 Å². The molecule has 1 fully saturated rings. The van der Waals surface area contributed by atoms with Crippen molar-refractivity contribution >= 4 is 11.8 Å². The summed E-state index contributed by atoms with van der Waals surface area (Å²) >= 11 is 0. The van der Waals surface area contributed by atoms with Crippen molar-refractivity contribution in [1.29, 1.82) is 0 Å². The highest BCUT2D eigenvalue weighted by atomic mass is 16.5. The lowest BCUT2D eigenvalue weighted by Gasteiger charge is -2.37. The lowest BCUT2D eigenvalue weighted by Crippen LogP contribution is -2.36. The third-order valence-electron chi connectivity index (χ3n) is 7.44. The number of carbonyl (C=O) groups is 2. The number of allylic oxidation sites excluding steroid dienone is 3. The second kappa shape index (κ2) is 9.61. The molecule has 1 aliphatic heterocycles. The number of phenolic OH excluding ortho intramolecular Hbond substituents is 1. The van der Waals surface area contributed by atoms with Crippen molar-refractivity contribution in [2.75, 3.05) is 7.11 Å². The molecule has 0 bridgehead atoms. The number of phenols is 1. The predicted octanol–water partition coefficient (Wildman–Crippen LogP) is 5.25. The van der Waals surface area contributed by atoms with E-state index in [1.165, 1.54) is 0 Å². The van der Waals surface area contributed by atoms with Gasteiger partial charge in [-0.1, -0.05) is 24.3 Å². The van der Waals surface area contributed by atoms with Gasteiger partial charge in [0.15, 0.2) is 5.78 Å². The molecule has 0 amide bonds. The second-order valence-electron chi connectivity index (χ2n) is 9.69. The van der Waals surface area contributed by atoms with Crippen molar-refractivity contribution in [1.82, 2.24) is 5.32 Å². The molecule has 2 N–H and O–H groups in total. The van der Waals surface area contributed by atoms with Crippen molar-refractivity contribution in [3.63, 3.8) is 0 Å². The Hall–Kier alpha value is -3.54. The van der Waals surface area contributed by atoms with Crippen LogP contribution in [0, 0.1) is 0 Å². The molecule has 35 heavy (non-hydrogen) atoms. The van der Waals surface area contributed by atoms with Crippen LogP contribution < -0.4 is 10.1 Å². The van der Waals surface area contributed by atoms with Gasteiger partial charge < -0.3 is 19.9 Å². The van der Waals surface area contributed by atoms with E-state index < -0.39 is 5.92 Å². The summed E-state index contributed by atoms with van der Waals surface area (Å²) in [5, 5.41) is 13.3. The Morgan fingerprint density at radius 3 is 2.29 bits per heavy atom. The quantitative estimate of drug-likeness (QED) is 0.577. The SMILES string of the molecule is COc1ccc([C@@H]2CC(=O)C3=C(C2)NC(C)=C(C(=O)OC2CCCC2)[C@@H]3c2ccc(O)cc2)cc1. The van der Waals surface area contributed by atoms with Gasteiger partial charge in [-0.25, -0.2) is 4.79 Å². The maximum atomic E-state index is 13.7. The maximum Gasteiger partial charge on any atom is 0.337 e. The predicted molar refractivity (Wildman–Crippen MR) is 132 cm³/mol. The molecule has 0 spiro atoms. The van der Waals surface area contributed by atoms with Gasteiger partial charge in [-0.3, -0.25) is 4.79 Å². The molecule has 3 aliphatic rings. The van der Waals surface area contributed by atoms with E-state index in [4.69, 9.17) is 9.47 Å². The number of ketones is 1. The number of carbonyl (C=O) groups excluding carboxylic acids is 2. The zero-order chi connectivity index (χ0) is 24.5. The number of ether oxygens (including phenoxy) is 2. The van der Waals surface area contributed by atoms with E-state index in [0.29, 0.717) is 29.7 Å². The fourth-order valence-corrected chi connectivity index (χ4v) is 5.64. The molecule has 1 saturated carbocycles. The van der Waals surface area contributed by atoms with Crippen LogP contribution in [0.4, 0.5) is 0 Å². The monoisotopic (exact) mass is 473 g/mol. The molecule has 182 valence electrons. The van der Waals surface area contributed by atoms with E-state index in [-0.39, 0.29) is 29.5 Å². The smallest absolute Gasteiger partial charge is 0.337 e. The molecule has 6 heteroatoms. The van der Waals surface area contributed by atoms with Gasteiger partial charge in [0.1, 0.15) is 17.6 Å². The number of Topliss-reactive ketones (excluding diaryl/α,β-unsaturated/α-hetero) is 1. The van der Waals surface area contributed by atoms with E-state index in [9.17, 15) is 14.7 Å².